The van der Waals surface area contributed by atoms with Gasteiger partial charge in [0.1, 0.15) is 11.8 Å². The van der Waals surface area contributed by atoms with E-state index >= 15 is 0 Å². The van der Waals surface area contributed by atoms with Crippen LogP contribution in [-0.4, -0.2) is 74.2 Å². The topological polar surface area (TPSA) is 105 Å². The van der Waals surface area contributed by atoms with E-state index in [9.17, 15) is 31.2 Å². The number of rotatable bonds is 11. The van der Waals surface area contributed by atoms with Crippen LogP contribution in [0.25, 0.3) is 0 Å². The molecule has 218 valence electrons. The molecule has 3 atom stereocenters. The first-order chi connectivity index (χ1) is 18.9. The van der Waals surface area contributed by atoms with Gasteiger partial charge in [0.2, 0.25) is 5.91 Å². The summed E-state index contributed by atoms with van der Waals surface area (Å²) in [6.45, 7) is 2.96. The van der Waals surface area contributed by atoms with Crippen molar-refractivity contribution >= 4 is 21.7 Å². The minimum Gasteiger partial charge on any atom is -0.406 e. The summed E-state index contributed by atoms with van der Waals surface area (Å²) in [5.41, 5.74) is 1.19. The SMILES string of the molecule is CC1(NCCCCC(NC(=O)c2ccccc2)C(=O)N2CCS(=O)(=O)CC2)CC1c1ccc(OC(F)(F)F)cc1. The number of carbonyl (C=O) groups excluding carboxylic acids is 2. The van der Waals surface area contributed by atoms with Gasteiger partial charge in [0.25, 0.3) is 5.91 Å². The molecule has 1 heterocycles. The van der Waals surface area contributed by atoms with Gasteiger partial charge in [-0.15, -0.1) is 13.2 Å². The van der Waals surface area contributed by atoms with Crippen molar-refractivity contribution in [3.8, 4) is 5.75 Å². The first kappa shape index (κ1) is 29.9. The summed E-state index contributed by atoms with van der Waals surface area (Å²) in [7, 11) is -3.15. The molecule has 8 nitrogen and oxygen atoms in total. The van der Waals surface area contributed by atoms with Gasteiger partial charge >= 0.3 is 6.36 Å². The third-order valence-electron chi connectivity index (χ3n) is 7.50. The average molecular weight is 582 g/mol. The number of sulfone groups is 1. The van der Waals surface area contributed by atoms with Crippen LogP contribution in [-0.2, 0) is 14.6 Å². The molecule has 2 N–H and O–H groups in total. The third kappa shape index (κ3) is 8.20. The Bertz CT molecular complexity index is 1270. The fourth-order valence-corrected chi connectivity index (χ4v) is 6.24. The molecule has 3 unspecified atom stereocenters. The second-order valence-electron chi connectivity index (χ2n) is 10.6. The summed E-state index contributed by atoms with van der Waals surface area (Å²) >= 11 is 0. The molecule has 0 bridgehead atoms. The van der Waals surface area contributed by atoms with Gasteiger partial charge in [-0.1, -0.05) is 30.3 Å². The Kier molecular flexibility index (Phi) is 9.09. The smallest absolute Gasteiger partial charge is 0.406 e. The molecule has 4 rings (SSSR count). The van der Waals surface area contributed by atoms with Crippen LogP contribution in [0, 0.1) is 0 Å². The molecule has 0 aromatic heterocycles. The first-order valence-electron chi connectivity index (χ1n) is 13.3. The highest BCUT2D eigenvalue weighted by molar-refractivity contribution is 7.91. The summed E-state index contributed by atoms with van der Waals surface area (Å²) in [6, 6.07) is 13.8. The molecule has 1 saturated carbocycles. The van der Waals surface area contributed by atoms with Gasteiger partial charge in [0, 0.05) is 30.1 Å². The van der Waals surface area contributed by atoms with Crippen molar-refractivity contribution in [2.24, 2.45) is 0 Å². The van der Waals surface area contributed by atoms with Crippen LogP contribution in [0.1, 0.15) is 54.4 Å². The molecule has 2 fully saturated rings. The highest BCUT2D eigenvalue weighted by Gasteiger charge is 2.50. The largest absolute Gasteiger partial charge is 0.573 e. The van der Waals surface area contributed by atoms with Gasteiger partial charge in [-0.05, 0) is 69.0 Å². The second-order valence-corrected chi connectivity index (χ2v) is 12.9. The molecule has 40 heavy (non-hydrogen) atoms. The Morgan fingerprint density at radius 2 is 1.70 bits per heavy atom. The van der Waals surface area contributed by atoms with Crippen molar-refractivity contribution in [3.63, 3.8) is 0 Å². The van der Waals surface area contributed by atoms with Crippen molar-refractivity contribution in [1.29, 1.82) is 0 Å². The molecule has 1 saturated heterocycles. The van der Waals surface area contributed by atoms with Gasteiger partial charge in [0.05, 0.1) is 11.5 Å². The summed E-state index contributed by atoms with van der Waals surface area (Å²) in [5, 5.41) is 6.35. The molecule has 2 aromatic carbocycles. The summed E-state index contributed by atoms with van der Waals surface area (Å²) in [5.74, 6) is -0.885. The van der Waals surface area contributed by atoms with Crippen LogP contribution in [0.5, 0.6) is 5.75 Å². The molecule has 0 spiro atoms. The highest BCUT2D eigenvalue weighted by atomic mass is 32.2. The lowest BCUT2D eigenvalue weighted by atomic mass is 10.1. The lowest BCUT2D eigenvalue weighted by Crippen LogP contribution is -2.52. The fourth-order valence-electron chi connectivity index (χ4n) is 5.04. The summed E-state index contributed by atoms with van der Waals surface area (Å²) < 4.78 is 64.7. The van der Waals surface area contributed by atoms with Crippen molar-refractivity contribution < 1.29 is 35.9 Å². The molecule has 0 radical (unpaired) electrons. The Balaban J connectivity index is 1.27. The van der Waals surface area contributed by atoms with E-state index < -0.39 is 22.2 Å². The second kappa shape index (κ2) is 12.2. The van der Waals surface area contributed by atoms with Crippen LogP contribution in [0.4, 0.5) is 13.2 Å². The predicted molar refractivity (Wildman–Crippen MR) is 144 cm³/mol. The van der Waals surface area contributed by atoms with E-state index in [-0.39, 0.29) is 53.6 Å². The third-order valence-corrected chi connectivity index (χ3v) is 9.11. The number of carbonyl (C=O) groups is 2. The zero-order chi connectivity index (χ0) is 29.0. The van der Waals surface area contributed by atoms with E-state index in [2.05, 4.69) is 22.3 Å². The van der Waals surface area contributed by atoms with Crippen molar-refractivity contribution in [2.45, 2.75) is 56.5 Å². The van der Waals surface area contributed by atoms with Gasteiger partial charge in [-0.25, -0.2) is 8.42 Å². The summed E-state index contributed by atoms with van der Waals surface area (Å²) in [4.78, 5) is 27.5. The van der Waals surface area contributed by atoms with Crippen LogP contribution in [0.2, 0.25) is 0 Å². The number of nitrogens with zero attached hydrogens (tertiary/aromatic N) is 1. The van der Waals surface area contributed by atoms with E-state index in [1.807, 2.05) is 0 Å². The van der Waals surface area contributed by atoms with E-state index in [1.54, 1.807) is 42.5 Å². The lowest BCUT2D eigenvalue weighted by molar-refractivity contribution is -0.274. The molecule has 1 aliphatic heterocycles. The maximum absolute atomic E-state index is 13.2. The zero-order valence-electron chi connectivity index (χ0n) is 22.2. The highest BCUT2D eigenvalue weighted by Crippen LogP contribution is 2.51. The summed E-state index contributed by atoms with van der Waals surface area (Å²) in [6.07, 6.45) is -2.09. The lowest BCUT2D eigenvalue weighted by Gasteiger charge is -2.30. The van der Waals surface area contributed by atoms with Gasteiger partial charge in [-0.2, -0.15) is 0 Å². The number of amides is 2. The Labute approximate surface area is 232 Å². The molecule has 12 heteroatoms. The molecule has 2 aliphatic rings. The Morgan fingerprint density at radius 3 is 2.33 bits per heavy atom. The van der Waals surface area contributed by atoms with E-state index in [0.717, 1.165) is 18.4 Å². The quantitative estimate of drug-likeness (QED) is 0.393. The van der Waals surface area contributed by atoms with Gasteiger partial charge in [-0.3, -0.25) is 9.59 Å². The van der Waals surface area contributed by atoms with Crippen molar-refractivity contribution in [3.05, 3.63) is 65.7 Å². The maximum atomic E-state index is 13.2. The Morgan fingerprint density at radius 1 is 1.05 bits per heavy atom. The molecule has 1 aliphatic carbocycles. The number of unbranched alkanes of at least 4 members (excludes halogenated alkanes) is 1. The maximum Gasteiger partial charge on any atom is 0.573 e. The minimum atomic E-state index is -4.72. The number of nitrogens with one attached hydrogen (secondary N) is 2. The predicted octanol–water partition coefficient (Wildman–Crippen LogP) is 3.65. The van der Waals surface area contributed by atoms with E-state index in [0.29, 0.717) is 24.9 Å². The number of alkyl halides is 3. The standard InChI is InChI=1S/C28H34F3N3O5S/c1-27(19-23(27)20-10-12-22(13-11-20)39-28(29,30)31)32-14-6-5-9-24(33-25(35)21-7-3-2-4-8-21)26(36)34-15-17-40(37,38)18-16-34/h2-4,7-8,10-13,23-24,32H,5-6,9,14-19H2,1H3,(H,33,35). The molecular weight excluding hydrogens is 547 g/mol. The van der Waals surface area contributed by atoms with Crippen LogP contribution in [0.3, 0.4) is 0 Å². The molecular formula is C28H34F3N3O5S. The number of hydrogen-bond donors (Lipinski definition) is 2. The van der Waals surface area contributed by atoms with E-state index in [1.165, 1.54) is 17.0 Å². The van der Waals surface area contributed by atoms with Crippen molar-refractivity contribution in [1.82, 2.24) is 15.5 Å². The molecule has 2 amide bonds. The van der Waals surface area contributed by atoms with E-state index in [4.69, 9.17) is 0 Å². The Hall–Kier alpha value is -3.12. The van der Waals surface area contributed by atoms with Crippen LogP contribution in [0.15, 0.2) is 54.6 Å². The number of halogens is 3. The number of hydrogen-bond acceptors (Lipinski definition) is 6. The molecule has 2 aromatic rings. The van der Waals surface area contributed by atoms with Crippen LogP contribution < -0.4 is 15.4 Å². The first-order valence-corrected chi connectivity index (χ1v) is 15.1. The number of benzene rings is 2. The van der Waals surface area contributed by atoms with Gasteiger partial charge < -0.3 is 20.3 Å². The zero-order valence-corrected chi connectivity index (χ0v) is 23.1. The normalized spacial score (nSPS) is 22.8. The van der Waals surface area contributed by atoms with Crippen LogP contribution >= 0.6 is 0 Å². The fraction of sp³-hybridized carbons (Fsp3) is 0.500. The average Bonchev–Trinajstić information content (AvgIpc) is 3.58. The minimum absolute atomic E-state index is 0.0835. The van der Waals surface area contributed by atoms with Gasteiger partial charge in [0.15, 0.2) is 9.84 Å². The number of ether oxygens (including phenoxy) is 1. The van der Waals surface area contributed by atoms with Crippen molar-refractivity contribution in [2.75, 3.05) is 31.1 Å². The monoisotopic (exact) mass is 581 g/mol.